The molecule has 0 spiro atoms. The molecule has 3 aromatic heterocycles. The fourth-order valence-corrected chi connectivity index (χ4v) is 3.87. The molecular weight excluding hydrogens is 326 g/mol. The molecule has 130 valence electrons. The molecule has 0 aromatic carbocycles. The molecule has 2 fully saturated rings. The van der Waals surface area contributed by atoms with Gasteiger partial charge in [0.1, 0.15) is 17.2 Å². The van der Waals surface area contributed by atoms with Gasteiger partial charge in [-0.05, 0) is 36.8 Å². The Kier molecular flexibility index (Phi) is 3.57. The lowest BCUT2D eigenvalue weighted by Gasteiger charge is -2.20. The van der Waals surface area contributed by atoms with E-state index in [0.717, 1.165) is 41.9 Å². The van der Waals surface area contributed by atoms with Crippen LogP contribution in [0.4, 0.5) is 5.82 Å². The number of rotatable bonds is 4. The van der Waals surface area contributed by atoms with Gasteiger partial charge in [0.25, 0.3) is 0 Å². The number of nitrogens with one attached hydrogen (secondary N) is 2. The highest BCUT2D eigenvalue weighted by Gasteiger charge is 2.39. The monoisotopic (exact) mass is 345 g/mol. The molecular formula is C19H19N7. The number of pyridine rings is 1. The van der Waals surface area contributed by atoms with Gasteiger partial charge in [-0.2, -0.15) is 5.26 Å². The van der Waals surface area contributed by atoms with Crippen molar-refractivity contribution in [3.05, 3.63) is 42.5 Å². The maximum Gasteiger partial charge on any atom is 0.145 e. The summed E-state index contributed by atoms with van der Waals surface area (Å²) in [4.78, 5) is 13.5. The highest BCUT2D eigenvalue weighted by atomic mass is 15.1. The molecule has 1 saturated carbocycles. The number of anilines is 1. The van der Waals surface area contributed by atoms with Gasteiger partial charge in [-0.3, -0.25) is 9.38 Å². The number of hydrogen-bond donors (Lipinski definition) is 2. The van der Waals surface area contributed by atoms with E-state index in [9.17, 15) is 0 Å². The topological polar surface area (TPSA) is 90.9 Å². The Balaban J connectivity index is 1.44. The van der Waals surface area contributed by atoms with Crippen LogP contribution in [0.1, 0.15) is 18.4 Å². The van der Waals surface area contributed by atoms with Gasteiger partial charge in [-0.15, -0.1) is 0 Å². The Labute approximate surface area is 151 Å². The van der Waals surface area contributed by atoms with Crippen LogP contribution in [0.5, 0.6) is 0 Å². The first kappa shape index (κ1) is 15.3. The van der Waals surface area contributed by atoms with Crippen molar-refractivity contribution in [3.63, 3.8) is 0 Å². The Morgan fingerprint density at radius 1 is 1.23 bits per heavy atom. The number of aromatic nitrogens is 4. The Bertz CT molecular complexity index is 999. The Morgan fingerprint density at radius 3 is 3.00 bits per heavy atom. The molecule has 7 heteroatoms. The van der Waals surface area contributed by atoms with E-state index in [1.54, 1.807) is 30.7 Å². The molecule has 2 N–H and O–H groups in total. The highest BCUT2D eigenvalue weighted by molar-refractivity contribution is 5.62. The van der Waals surface area contributed by atoms with Crippen LogP contribution in [-0.2, 0) is 0 Å². The van der Waals surface area contributed by atoms with E-state index in [0.29, 0.717) is 17.5 Å². The fourth-order valence-electron chi connectivity index (χ4n) is 3.87. The summed E-state index contributed by atoms with van der Waals surface area (Å²) in [6.07, 6.45) is 9.85. The van der Waals surface area contributed by atoms with Crippen molar-refractivity contribution in [3.8, 4) is 17.5 Å². The van der Waals surface area contributed by atoms with Crippen molar-refractivity contribution < 1.29 is 0 Å². The van der Waals surface area contributed by atoms with Crippen molar-refractivity contribution >= 4 is 11.5 Å². The number of nitrogens with zero attached hydrogens (tertiary/aromatic N) is 5. The number of nitriles is 1. The minimum atomic E-state index is 0.410. The molecule has 1 saturated heterocycles. The Morgan fingerprint density at radius 2 is 2.15 bits per heavy atom. The molecule has 0 unspecified atom stereocenters. The fraction of sp³-hybridized carbons (Fsp3) is 0.368. The summed E-state index contributed by atoms with van der Waals surface area (Å²) in [6.45, 7) is 2.06. The zero-order chi connectivity index (χ0) is 17.5. The molecule has 0 bridgehead atoms. The summed E-state index contributed by atoms with van der Waals surface area (Å²) in [5.74, 6) is 2.33. The van der Waals surface area contributed by atoms with Crippen LogP contribution in [0, 0.1) is 23.2 Å². The molecule has 26 heavy (non-hydrogen) atoms. The van der Waals surface area contributed by atoms with Gasteiger partial charge in [0, 0.05) is 25.3 Å². The second kappa shape index (κ2) is 6.07. The Hall–Kier alpha value is -2.98. The lowest BCUT2D eigenvalue weighted by Crippen LogP contribution is -2.30. The summed E-state index contributed by atoms with van der Waals surface area (Å²) in [6, 6.07) is 6.09. The predicted octanol–water partition coefficient (Wildman–Crippen LogP) is 2.07. The molecule has 2 aliphatic rings. The third-order valence-corrected chi connectivity index (χ3v) is 5.36. The van der Waals surface area contributed by atoms with Crippen LogP contribution >= 0.6 is 0 Å². The maximum atomic E-state index is 9.04. The van der Waals surface area contributed by atoms with E-state index >= 15 is 0 Å². The lowest BCUT2D eigenvalue weighted by atomic mass is 9.98. The second-order valence-corrected chi connectivity index (χ2v) is 7.10. The van der Waals surface area contributed by atoms with E-state index in [4.69, 9.17) is 10.2 Å². The van der Waals surface area contributed by atoms with Crippen molar-refractivity contribution in [2.75, 3.05) is 18.4 Å². The third kappa shape index (κ3) is 2.68. The van der Waals surface area contributed by atoms with Gasteiger partial charge in [0.15, 0.2) is 0 Å². The summed E-state index contributed by atoms with van der Waals surface area (Å²) < 4.78 is 1.93. The maximum absolute atomic E-state index is 9.04. The van der Waals surface area contributed by atoms with Crippen LogP contribution in [0.3, 0.4) is 0 Å². The minimum absolute atomic E-state index is 0.410. The molecule has 1 aliphatic heterocycles. The number of hydrogen-bond acceptors (Lipinski definition) is 6. The second-order valence-electron chi connectivity index (χ2n) is 7.10. The molecule has 7 nitrogen and oxygen atoms in total. The first-order chi connectivity index (χ1) is 12.8. The first-order valence-corrected chi connectivity index (χ1v) is 8.99. The quantitative estimate of drug-likeness (QED) is 0.752. The smallest absolute Gasteiger partial charge is 0.145 e. The molecule has 2 atom stereocenters. The van der Waals surface area contributed by atoms with Gasteiger partial charge in [-0.25, -0.2) is 9.97 Å². The lowest BCUT2D eigenvalue weighted by molar-refractivity contribution is 0.473. The third-order valence-electron chi connectivity index (χ3n) is 5.36. The van der Waals surface area contributed by atoms with E-state index in [-0.39, 0.29) is 0 Å². The summed E-state index contributed by atoms with van der Waals surface area (Å²) in [7, 11) is 0. The average molecular weight is 345 g/mol. The largest absolute Gasteiger partial charge is 0.364 e. The van der Waals surface area contributed by atoms with Gasteiger partial charge in [0.2, 0.25) is 0 Å². The van der Waals surface area contributed by atoms with E-state index < -0.39 is 0 Å². The number of fused-ring (bicyclic) bond motifs is 1. The molecule has 0 amide bonds. The van der Waals surface area contributed by atoms with Crippen LogP contribution in [0.25, 0.3) is 17.0 Å². The average Bonchev–Trinajstić information content (AvgIpc) is 3.26. The van der Waals surface area contributed by atoms with Crippen molar-refractivity contribution in [1.82, 2.24) is 24.7 Å². The summed E-state index contributed by atoms with van der Waals surface area (Å²) in [5.41, 5.74) is 2.95. The van der Waals surface area contributed by atoms with Crippen LogP contribution in [-0.4, -0.2) is 38.5 Å². The molecule has 3 aromatic rings. The van der Waals surface area contributed by atoms with Crippen LogP contribution in [0.2, 0.25) is 0 Å². The van der Waals surface area contributed by atoms with Crippen molar-refractivity contribution in [2.45, 2.75) is 18.9 Å². The molecule has 0 radical (unpaired) electrons. The predicted molar refractivity (Wildman–Crippen MR) is 97.4 cm³/mol. The zero-order valence-electron chi connectivity index (χ0n) is 14.3. The van der Waals surface area contributed by atoms with E-state index in [2.05, 4.69) is 26.7 Å². The SMILES string of the molecule is N#Cc1ccn2c(-c3cncc(N[C@H]4CNC[C@H]4C4CC4)n3)cnc2c1. The van der Waals surface area contributed by atoms with E-state index in [1.165, 1.54) is 12.8 Å². The highest BCUT2D eigenvalue weighted by Crippen LogP contribution is 2.40. The van der Waals surface area contributed by atoms with Gasteiger partial charge < -0.3 is 10.6 Å². The normalized spacial score (nSPS) is 22.4. The van der Waals surface area contributed by atoms with Gasteiger partial charge in [-0.1, -0.05) is 0 Å². The van der Waals surface area contributed by atoms with Gasteiger partial charge in [0.05, 0.1) is 35.9 Å². The summed E-state index contributed by atoms with van der Waals surface area (Å²) in [5, 5.41) is 16.1. The van der Waals surface area contributed by atoms with Gasteiger partial charge >= 0.3 is 0 Å². The van der Waals surface area contributed by atoms with Crippen LogP contribution < -0.4 is 10.6 Å². The van der Waals surface area contributed by atoms with Crippen LogP contribution in [0.15, 0.2) is 36.9 Å². The number of imidazole rings is 1. The van der Waals surface area contributed by atoms with E-state index in [1.807, 2.05) is 10.6 Å². The minimum Gasteiger partial charge on any atom is -0.364 e. The van der Waals surface area contributed by atoms with Crippen molar-refractivity contribution in [1.29, 1.82) is 5.26 Å². The van der Waals surface area contributed by atoms with Crippen molar-refractivity contribution in [2.24, 2.45) is 11.8 Å². The standard InChI is InChI=1S/C19H19N7/c20-6-12-3-4-26-17(10-23-19(26)5-12)16-9-22-11-18(25-16)24-15-8-21-7-14(15)13-1-2-13/h3-5,9-11,13-15,21H,1-2,7-8H2,(H,24,25)/t14-,15-/m0/s1. The first-order valence-electron chi connectivity index (χ1n) is 8.99. The summed E-state index contributed by atoms with van der Waals surface area (Å²) >= 11 is 0. The molecule has 1 aliphatic carbocycles. The molecule has 5 rings (SSSR count). The molecule has 4 heterocycles. The zero-order valence-corrected chi connectivity index (χ0v) is 14.3.